The summed E-state index contributed by atoms with van der Waals surface area (Å²) in [6, 6.07) is 14.3. The van der Waals surface area contributed by atoms with Gasteiger partial charge in [0.25, 0.3) is 0 Å². The number of benzene rings is 2. The van der Waals surface area contributed by atoms with Gasteiger partial charge in [0.15, 0.2) is 0 Å². The monoisotopic (exact) mass is 286 g/mol. The first-order chi connectivity index (χ1) is 10.1. The minimum atomic E-state index is -0.800. The highest BCUT2D eigenvalue weighted by molar-refractivity contribution is 6.44. The number of rotatable bonds is 3. The van der Waals surface area contributed by atoms with E-state index in [4.69, 9.17) is 0 Å². The Hall–Kier alpha value is -2.69. The number of anilines is 2. The molecule has 0 radical (unpaired) electrons. The molecule has 0 aliphatic rings. The highest BCUT2D eigenvalue weighted by Gasteiger charge is 2.22. The SMILES string of the molecule is CCN(C(=O)C(=O)Nc1cccc(F)c1)c1ccccc1. The lowest BCUT2D eigenvalue weighted by Gasteiger charge is -2.20. The summed E-state index contributed by atoms with van der Waals surface area (Å²) in [5.74, 6) is -1.96. The van der Waals surface area contributed by atoms with E-state index in [1.54, 1.807) is 31.2 Å². The lowest BCUT2D eigenvalue weighted by Crippen LogP contribution is -2.39. The minimum absolute atomic E-state index is 0.248. The standard InChI is InChI=1S/C16H15FN2O2/c1-2-19(14-9-4-3-5-10-14)16(21)15(20)18-13-8-6-7-12(17)11-13/h3-11H,2H2,1H3,(H,18,20). The molecule has 0 unspecified atom stereocenters. The van der Waals surface area contributed by atoms with Crippen LogP contribution in [0.15, 0.2) is 54.6 Å². The normalized spacial score (nSPS) is 10.0. The van der Waals surface area contributed by atoms with Gasteiger partial charge in [-0.2, -0.15) is 0 Å². The van der Waals surface area contributed by atoms with Gasteiger partial charge in [0, 0.05) is 17.9 Å². The Labute approximate surface area is 122 Å². The molecule has 0 aliphatic carbocycles. The summed E-state index contributed by atoms with van der Waals surface area (Å²) in [6.45, 7) is 2.14. The predicted octanol–water partition coefficient (Wildman–Crippen LogP) is 2.82. The zero-order valence-electron chi connectivity index (χ0n) is 11.5. The maximum absolute atomic E-state index is 13.1. The number of halogens is 1. The molecule has 0 aromatic heterocycles. The van der Waals surface area contributed by atoms with E-state index in [-0.39, 0.29) is 5.69 Å². The van der Waals surface area contributed by atoms with Crippen molar-refractivity contribution in [3.8, 4) is 0 Å². The van der Waals surface area contributed by atoms with Gasteiger partial charge in [-0.15, -0.1) is 0 Å². The van der Waals surface area contributed by atoms with Gasteiger partial charge in [0.05, 0.1) is 0 Å². The molecule has 5 heteroatoms. The number of hydrogen-bond donors (Lipinski definition) is 1. The number of nitrogens with one attached hydrogen (secondary N) is 1. The van der Waals surface area contributed by atoms with Crippen molar-refractivity contribution >= 4 is 23.2 Å². The Morgan fingerprint density at radius 2 is 1.81 bits per heavy atom. The number of hydrogen-bond acceptors (Lipinski definition) is 2. The van der Waals surface area contributed by atoms with Gasteiger partial charge in [0.2, 0.25) is 0 Å². The average Bonchev–Trinajstić information content (AvgIpc) is 2.49. The van der Waals surface area contributed by atoms with Crippen LogP contribution in [0.3, 0.4) is 0 Å². The van der Waals surface area contributed by atoms with Crippen molar-refractivity contribution in [2.75, 3.05) is 16.8 Å². The van der Waals surface area contributed by atoms with Gasteiger partial charge in [0.1, 0.15) is 5.82 Å². The molecule has 0 aliphatic heterocycles. The van der Waals surface area contributed by atoms with E-state index in [1.165, 1.54) is 23.1 Å². The van der Waals surface area contributed by atoms with Crippen LogP contribution in [-0.2, 0) is 9.59 Å². The molecule has 0 saturated carbocycles. The van der Waals surface area contributed by atoms with Gasteiger partial charge >= 0.3 is 11.8 Å². The highest BCUT2D eigenvalue weighted by atomic mass is 19.1. The van der Waals surface area contributed by atoms with E-state index < -0.39 is 17.6 Å². The van der Waals surface area contributed by atoms with E-state index in [0.717, 1.165) is 6.07 Å². The molecule has 1 N–H and O–H groups in total. The fourth-order valence-corrected chi connectivity index (χ4v) is 1.92. The molecule has 21 heavy (non-hydrogen) atoms. The fraction of sp³-hybridized carbons (Fsp3) is 0.125. The fourth-order valence-electron chi connectivity index (χ4n) is 1.92. The van der Waals surface area contributed by atoms with Crippen molar-refractivity contribution in [1.82, 2.24) is 0 Å². The third kappa shape index (κ3) is 3.66. The lowest BCUT2D eigenvalue weighted by molar-refractivity contribution is -0.134. The van der Waals surface area contributed by atoms with Crippen LogP contribution < -0.4 is 10.2 Å². The second-order valence-electron chi connectivity index (χ2n) is 4.35. The van der Waals surface area contributed by atoms with Crippen molar-refractivity contribution in [2.24, 2.45) is 0 Å². The van der Waals surface area contributed by atoms with Crippen molar-refractivity contribution < 1.29 is 14.0 Å². The smallest absolute Gasteiger partial charge is 0.316 e. The molecule has 2 rings (SSSR count). The van der Waals surface area contributed by atoms with Crippen LogP contribution in [0.4, 0.5) is 15.8 Å². The molecule has 108 valence electrons. The van der Waals surface area contributed by atoms with Crippen LogP contribution in [0, 0.1) is 5.82 Å². The van der Waals surface area contributed by atoms with E-state index >= 15 is 0 Å². The Kier molecular flexibility index (Phi) is 4.66. The third-order valence-corrected chi connectivity index (χ3v) is 2.91. The number of nitrogens with zero attached hydrogens (tertiary/aromatic N) is 1. The zero-order chi connectivity index (χ0) is 15.2. The summed E-state index contributed by atoms with van der Waals surface area (Å²) >= 11 is 0. The summed E-state index contributed by atoms with van der Waals surface area (Å²) < 4.78 is 13.1. The Balaban J connectivity index is 2.13. The molecule has 0 spiro atoms. The predicted molar refractivity (Wildman–Crippen MR) is 79.5 cm³/mol. The number of likely N-dealkylation sites (N-methyl/N-ethyl adjacent to an activating group) is 1. The summed E-state index contributed by atoms with van der Waals surface area (Å²) in [7, 11) is 0. The lowest BCUT2D eigenvalue weighted by atomic mass is 10.2. The molecular weight excluding hydrogens is 271 g/mol. The van der Waals surface area contributed by atoms with Crippen LogP contribution in [0.25, 0.3) is 0 Å². The third-order valence-electron chi connectivity index (χ3n) is 2.91. The molecule has 0 atom stereocenters. The largest absolute Gasteiger partial charge is 0.318 e. The summed E-state index contributed by atoms with van der Waals surface area (Å²) in [5.41, 5.74) is 0.886. The van der Waals surface area contributed by atoms with Gasteiger partial charge in [-0.05, 0) is 37.3 Å². The van der Waals surface area contributed by atoms with E-state index in [0.29, 0.717) is 12.2 Å². The number of para-hydroxylation sites is 1. The van der Waals surface area contributed by atoms with Gasteiger partial charge in [-0.3, -0.25) is 9.59 Å². The van der Waals surface area contributed by atoms with Gasteiger partial charge in [-0.25, -0.2) is 4.39 Å². The number of carbonyl (C=O) groups is 2. The maximum atomic E-state index is 13.1. The van der Waals surface area contributed by atoms with Crippen LogP contribution in [0.5, 0.6) is 0 Å². The van der Waals surface area contributed by atoms with Gasteiger partial charge in [-0.1, -0.05) is 24.3 Å². The molecule has 0 heterocycles. The Bertz CT molecular complexity index is 644. The first-order valence-electron chi connectivity index (χ1n) is 6.55. The molecular formula is C16H15FN2O2. The van der Waals surface area contributed by atoms with Crippen LogP contribution in [-0.4, -0.2) is 18.4 Å². The quantitative estimate of drug-likeness (QED) is 0.882. The Morgan fingerprint density at radius 3 is 2.43 bits per heavy atom. The molecule has 2 amide bonds. The van der Waals surface area contributed by atoms with E-state index in [1.807, 2.05) is 6.07 Å². The van der Waals surface area contributed by atoms with E-state index in [2.05, 4.69) is 5.32 Å². The van der Waals surface area contributed by atoms with Crippen LogP contribution in [0.1, 0.15) is 6.92 Å². The van der Waals surface area contributed by atoms with E-state index in [9.17, 15) is 14.0 Å². The Morgan fingerprint density at radius 1 is 1.10 bits per heavy atom. The summed E-state index contributed by atoms with van der Waals surface area (Å²) in [6.07, 6.45) is 0. The molecule has 0 saturated heterocycles. The average molecular weight is 286 g/mol. The van der Waals surface area contributed by atoms with Crippen molar-refractivity contribution in [2.45, 2.75) is 6.92 Å². The maximum Gasteiger partial charge on any atom is 0.316 e. The topological polar surface area (TPSA) is 49.4 Å². The van der Waals surface area contributed by atoms with Crippen LogP contribution in [0.2, 0.25) is 0 Å². The minimum Gasteiger partial charge on any atom is -0.318 e. The van der Waals surface area contributed by atoms with Crippen molar-refractivity contribution in [1.29, 1.82) is 0 Å². The second kappa shape index (κ2) is 6.65. The molecule has 0 fully saturated rings. The van der Waals surface area contributed by atoms with Gasteiger partial charge < -0.3 is 10.2 Å². The first kappa shape index (κ1) is 14.7. The molecule has 2 aromatic carbocycles. The molecule has 0 bridgehead atoms. The summed E-state index contributed by atoms with van der Waals surface area (Å²) in [4.78, 5) is 25.5. The first-order valence-corrected chi connectivity index (χ1v) is 6.55. The number of carbonyl (C=O) groups excluding carboxylic acids is 2. The summed E-state index contributed by atoms with van der Waals surface area (Å²) in [5, 5.41) is 2.40. The van der Waals surface area contributed by atoms with Crippen molar-refractivity contribution in [3.05, 3.63) is 60.4 Å². The molecule has 4 nitrogen and oxygen atoms in total. The zero-order valence-corrected chi connectivity index (χ0v) is 11.5. The number of amides is 2. The highest BCUT2D eigenvalue weighted by Crippen LogP contribution is 2.14. The van der Waals surface area contributed by atoms with Crippen molar-refractivity contribution in [3.63, 3.8) is 0 Å². The second-order valence-corrected chi connectivity index (χ2v) is 4.35. The van der Waals surface area contributed by atoms with Crippen LogP contribution >= 0.6 is 0 Å². The molecule has 2 aromatic rings.